The van der Waals surface area contributed by atoms with Gasteiger partial charge in [-0.3, -0.25) is 4.79 Å². The molecule has 0 radical (unpaired) electrons. The summed E-state index contributed by atoms with van der Waals surface area (Å²) in [6, 6.07) is 16.0. The second-order valence-electron chi connectivity index (χ2n) is 7.58. The molecule has 1 saturated heterocycles. The first-order chi connectivity index (χ1) is 13.5. The minimum Gasteiger partial charge on any atom is -0.497 e. The van der Waals surface area contributed by atoms with Gasteiger partial charge >= 0.3 is 0 Å². The lowest BCUT2D eigenvalue weighted by atomic mass is 10.2. The van der Waals surface area contributed by atoms with Gasteiger partial charge in [0.15, 0.2) is 6.54 Å². The Bertz CT molecular complexity index is 774. The summed E-state index contributed by atoms with van der Waals surface area (Å²) in [5.74, 6) is 1.03. The first kappa shape index (κ1) is 20.6. The third-order valence-electron chi connectivity index (χ3n) is 5.41. The van der Waals surface area contributed by atoms with Gasteiger partial charge in [-0.25, -0.2) is 0 Å². The van der Waals surface area contributed by atoms with Gasteiger partial charge in [0.25, 0.3) is 5.91 Å². The fraction of sp³-hybridized carbons (Fsp3) is 0.409. The van der Waals surface area contributed by atoms with Gasteiger partial charge in [0.1, 0.15) is 38.5 Å². The first-order valence-corrected chi connectivity index (χ1v) is 10.2. The fourth-order valence-electron chi connectivity index (χ4n) is 3.69. The second-order valence-corrected chi connectivity index (χ2v) is 8.02. The molecule has 2 aromatic carbocycles. The maximum absolute atomic E-state index is 12.6. The molecule has 3 rings (SSSR count). The molecule has 5 nitrogen and oxygen atoms in total. The highest BCUT2D eigenvalue weighted by atomic mass is 35.5. The lowest BCUT2D eigenvalue weighted by Gasteiger charge is -2.30. The highest BCUT2D eigenvalue weighted by Gasteiger charge is 2.26. The Labute approximate surface area is 172 Å². The zero-order valence-electron chi connectivity index (χ0n) is 16.7. The number of quaternary nitrogens is 2. The van der Waals surface area contributed by atoms with E-state index in [0.29, 0.717) is 13.1 Å². The lowest BCUT2D eigenvalue weighted by Crippen LogP contribution is -3.28. The topological polar surface area (TPSA) is 38.4 Å². The molecule has 1 fully saturated rings. The summed E-state index contributed by atoms with van der Waals surface area (Å²) in [7, 11) is 3.54. The quantitative estimate of drug-likeness (QED) is 0.697. The molecule has 0 unspecified atom stereocenters. The maximum atomic E-state index is 12.6. The van der Waals surface area contributed by atoms with Gasteiger partial charge in [-0.2, -0.15) is 0 Å². The van der Waals surface area contributed by atoms with Crippen molar-refractivity contribution in [1.82, 2.24) is 4.90 Å². The normalized spacial score (nSPS) is 19.2. The van der Waals surface area contributed by atoms with Gasteiger partial charge in [-0.15, -0.1) is 0 Å². The number of nitrogens with zero attached hydrogens (tertiary/aromatic N) is 1. The predicted molar refractivity (Wildman–Crippen MR) is 111 cm³/mol. The van der Waals surface area contributed by atoms with Crippen LogP contribution in [0.1, 0.15) is 11.1 Å². The summed E-state index contributed by atoms with van der Waals surface area (Å²) in [5, 5.41) is 0.798. The SMILES string of the molecule is COc1ccc(CN(C)C(=O)C[NH+]2CC[NH+](Cc3cccc(Cl)c3)CC2)cc1. The van der Waals surface area contributed by atoms with Crippen LogP contribution in [0.2, 0.25) is 5.02 Å². The number of hydrogen-bond acceptors (Lipinski definition) is 2. The summed E-state index contributed by atoms with van der Waals surface area (Å²) in [5.41, 5.74) is 2.39. The molecule has 1 aliphatic rings. The molecule has 150 valence electrons. The molecule has 0 aliphatic carbocycles. The molecule has 0 aromatic heterocycles. The van der Waals surface area contributed by atoms with Gasteiger partial charge in [0.2, 0.25) is 0 Å². The zero-order valence-corrected chi connectivity index (χ0v) is 17.5. The van der Waals surface area contributed by atoms with Crippen molar-refractivity contribution in [3.8, 4) is 5.75 Å². The number of methoxy groups -OCH3 is 1. The van der Waals surface area contributed by atoms with Gasteiger partial charge in [0, 0.05) is 24.2 Å². The number of carbonyl (C=O) groups excluding carboxylic acids is 1. The average Bonchev–Trinajstić information content (AvgIpc) is 2.70. The Morgan fingerprint density at radius 2 is 1.71 bits per heavy atom. The summed E-state index contributed by atoms with van der Waals surface area (Å²) < 4.78 is 5.18. The molecule has 1 amide bonds. The number of ether oxygens (including phenoxy) is 1. The van der Waals surface area contributed by atoms with Crippen LogP contribution in [0.25, 0.3) is 0 Å². The molecule has 1 aliphatic heterocycles. The van der Waals surface area contributed by atoms with Crippen molar-refractivity contribution in [2.45, 2.75) is 13.1 Å². The third kappa shape index (κ3) is 5.96. The molecule has 0 bridgehead atoms. The van der Waals surface area contributed by atoms with Gasteiger partial charge < -0.3 is 19.4 Å². The van der Waals surface area contributed by atoms with E-state index in [9.17, 15) is 4.79 Å². The standard InChI is InChI=1S/C22H28ClN3O2/c1-24(15-18-6-8-21(28-2)9-7-18)22(27)17-26-12-10-25(11-13-26)16-19-4-3-5-20(23)14-19/h3-9,14H,10-13,15-17H2,1-2H3/p+2. The Kier molecular flexibility index (Phi) is 7.31. The van der Waals surface area contributed by atoms with E-state index in [4.69, 9.17) is 16.3 Å². The molecule has 6 heteroatoms. The summed E-state index contributed by atoms with van der Waals surface area (Å²) in [4.78, 5) is 17.4. The van der Waals surface area contributed by atoms with Crippen LogP contribution in [0.15, 0.2) is 48.5 Å². The van der Waals surface area contributed by atoms with Crippen LogP contribution < -0.4 is 14.5 Å². The molecule has 0 spiro atoms. The molecule has 0 atom stereocenters. The Hall–Kier alpha value is -2.08. The van der Waals surface area contributed by atoms with Crippen molar-refractivity contribution in [2.75, 3.05) is 46.9 Å². The highest BCUT2D eigenvalue weighted by Crippen LogP contribution is 2.12. The van der Waals surface area contributed by atoms with Crippen molar-refractivity contribution in [1.29, 1.82) is 0 Å². The highest BCUT2D eigenvalue weighted by molar-refractivity contribution is 6.30. The zero-order chi connectivity index (χ0) is 19.9. The number of rotatable bonds is 7. The van der Waals surface area contributed by atoms with E-state index in [1.54, 1.807) is 12.0 Å². The van der Waals surface area contributed by atoms with E-state index in [-0.39, 0.29) is 5.91 Å². The predicted octanol–water partition coefficient (Wildman–Crippen LogP) is 0.291. The van der Waals surface area contributed by atoms with Gasteiger partial charge in [0.05, 0.1) is 7.11 Å². The lowest BCUT2D eigenvalue weighted by molar-refractivity contribution is -1.02. The molecule has 2 N–H and O–H groups in total. The first-order valence-electron chi connectivity index (χ1n) is 9.82. The summed E-state index contributed by atoms with van der Waals surface area (Å²) >= 11 is 6.08. The van der Waals surface area contributed by atoms with Crippen LogP contribution in [0, 0.1) is 0 Å². The Balaban J connectivity index is 1.42. The molecular formula is C22H30ClN3O2+2. The number of carbonyl (C=O) groups is 1. The average molecular weight is 404 g/mol. The van der Waals surface area contributed by atoms with Crippen molar-refractivity contribution in [3.05, 3.63) is 64.7 Å². The monoisotopic (exact) mass is 403 g/mol. The molecule has 1 heterocycles. The van der Waals surface area contributed by atoms with Crippen LogP contribution in [-0.2, 0) is 17.9 Å². The minimum absolute atomic E-state index is 0.198. The molecular weight excluding hydrogens is 374 g/mol. The van der Waals surface area contributed by atoms with Crippen molar-refractivity contribution < 1.29 is 19.3 Å². The third-order valence-corrected chi connectivity index (χ3v) is 5.65. The Morgan fingerprint density at radius 1 is 1.04 bits per heavy atom. The molecule has 28 heavy (non-hydrogen) atoms. The van der Waals surface area contributed by atoms with Crippen molar-refractivity contribution in [3.63, 3.8) is 0 Å². The maximum Gasteiger partial charge on any atom is 0.277 e. The largest absolute Gasteiger partial charge is 0.497 e. The fourth-order valence-corrected chi connectivity index (χ4v) is 3.90. The number of likely N-dealkylation sites (N-methyl/N-ethyl adjacent to an activating group) is 1. The van der Waals surface area contributed by atoms with Gasteiger partial charge in [-0.1, -0.05) is 35.9 Å². The number of piperazine rings is 1. The van der Waals surface area contributed by atoms with Crippen molar-refractivity contribution in [2.24, 2.45) is 0 Å². The van der Waals surface area contributed by atoms with Crippen LogP contribution in [0.5, 0.6) is 5.75 Å². The number of nitrogens with one attached hydrogen (secondary N) is 2. The van der Waals surface area contributed by atoms with E-state index in [0.717, 1.165) is 49.1 Å². The molecule has 2 aromatic rings. The van der Waals surface area contributed by atoms with E-state index < -0.39 is 0 Å². The van der Waals surface area contributed by atoms with Crippen molar-refractivity contribution >= 4 is 17.5 Å². The Morgan fingerprint density at radius 3 is 2.36 bits per heavy atom. The van der Waals surface area contributed by atoms with E-state index in [1.165, 1.54) is 10.5 Å². The number of halogens is 1. The number of hydrogen-bond donors (Lipinski definition) is 2. The number of amides is 1. The minimum atomic E-state index is 0.198. The molecule has 0 saturated carbocycles. The van der Waals surface area contributed by atoms with E-state index in [1.807, 2.05) is 54.4 Å². The second kappa shape index (κ2) is 9.92. The van der Waals surface area contributed by atoms with Gasteiger partial charge in [-0.05, 0) is 29.8 Å². The summed E-state index contributed by atoms with van der Waals surface area (Å²) in [6.07, 6.45) is 0. The van der Waals surface area contributed by atoms with E-state index >= 15 is 0 Å². The van der Waals surface area contributed by atoms with Crippen LogP contribution in [-0.4, -0.2) is 57.7 Å². The smallest absolute Gasteiger partial charge is 0.277 e. The number of benzene rings is 2. The van der Waals surface area contributed by atoms with Crippen LogP contribution >= 0.6 is 11.6 Å². The van der Waals surface area contributed by atoms with Crippen LogP contribution in [0.4, 0.5) is 0 Å². The summed E-state index contributed by atoms with van der Waals surface area (Å²) in [6.45, 7) is 6.41. The van der Waals surface area contributed by atoms with E-state index in [2.05, 4.69) is 6.07 Å². The van der Waals surface area contributed by atoms with Crippen LogP contribution in [0.3, 0.4) is 0 Å².